The maximum atomic E-state index is 13.1. The van der Waals surface area contributed by atoms with Crippen LogP contribution < -0.4 is 0 Å². The number of amides is 1. The molecule has 1 aliphatic heterocycles. The molecule has 0 aliphatic carbocycles. The number of rotatable bonds is 6. The first kappa shape index (κ1) is 24.6. The Balaban J connectivity index is 2.01. The summed E-state index contributed by atoms with van der Waals surface area (Å²) in [7, 11) is 0. The van der Waals surface area contributed by atoms with Crippen LogP contribution in [0.3, 0.4) is 0 Å². The molecule has 0 radical (unpaired) electrons. The van der Waals surface area contributed by atoms with Crippen molar-refractivity contribution in [3.8, 4) is 0 Å². The van der Waals surface area contributed by atoms with Crippen molar-refractivity contribution in [1.82, 2.24) is 4.90 Å². The third-order valence-corrected chi connectivity index (χ3v) is 5.65. The maximum Gasteiger partial charge on any atom is 0.416 e. The topological polar surface area (TPSA) is 46.6 Å². The average Bonchev–Trinajstić information content (AvgIpc) is 2.74. The van der Waals surface area contributed by atoms with Crippen LogP contribution in [0.25, 0.3) is 0 Å². The lowest BCUT2D eigenvalue weighted by molar-refractivity contribution is -0.141. The SMILES string of the molecule is CC1=C(C(=O)OCC(C)C)[C@H](c2ccc(C(F)(F)F)cc2)CC(=O)N1Cc1cccc(C)c1. The minimum absolute atomic E-state index is 0.0272. The van der Waals surface area contributed by atoms with Gasteiger partial charge in [-0.1, -0.05) is 55.8 Å². The molecule has 1 aliphatic rings. The molecule has 33 heavy (non-hydrogen) atoms. The molecule has 0 bridgehead atoms. The monoisotopic (exact) mass is 459 g/mol. The number of carbonyl (C=O) groups is 2. The van der Waals surface area contributed by atoms with Crippen molar-refractivity contribution in [2.24, 2.45) is 5.92 Å². The Morgan fingerprint density at radius 1 is 1.12 bits per heavy atom. The Morgan fingerprint density at radius 2 is 1.79 bits per heavy atom. The molecule has 0 saturated heterocycles. The smallest absolute Gasteiger partial charge is 0.416 e. The van der Waals surface area contributed by atoms with Crippen molar-refractivity contribution in [2.75, 3.05) is 6.61 Å². The van der Waals surface area contributed by atoms with Gasteiger partial charge in [0.15, 0.2) is 0 Å². The number of allylic oxidation sites excluding steroid dienone is 1. The zero-order valence-electron chi connectivity index (χ0n) is 19.2. The van der Waals surface area contributed by atoms with E-state index in [2.05, 4.69) is 0 Å². The fraction of sp³-hybridized carbons (Fsp3) is 0.385. The molecule has 0 aromatic heterocycles. The highest BCUT2D eigenvalue weighted by atomic mass is 19.4. The summed E-state index contributed by atoms with van der Waals surface area (Å²) in [6, 6.07) is 12.4. The van der Waals surface area contributed by atoms with Gasteiger partial charge < -0.3 is 9.64 Å². The average molecular weight is 460 g/mol. The predicted octanol–water partition coefficient (Wildman–Crippen LogP) is 6.00. The first-order chi connectivity index (χ1) is 15.5. The molecule has 0 unspecified atom stereocenters. The number of hydrogen-bond acceptors (Lipinski definition) is 3. The summed E-state index contributed by atoms with van der Waals surface area (Å²) >= 11 is 0. The Kier molecular flexibility index (Phi) is 7.30. The summed E-state index contributed by atoms with van der Waals surface area (Å²) in [5.74, 6) is -1.30. The first-order valence-corrected chi connectivity index (χ1v) is 10.9. The number of carbonyl (C=O) groups excluding carboxylic acids is 2. The van der Waals surface area contributed by atoms with Gasteiger partial charge in [-0.05, 0) is 43.0 Å². The van der Waals surface area contributed by atoms with Crippen LogP contribution in [0, 0.1) is 12.8 Å². The number of benzene rings is 2. The molecule has 2 aromatic carbocycles. The Morgan fingerprint density at radius 3 is 2.36 bits per heavy atom. The Bertz CT molecular complexity index is 1060. The van der Waals surface area contributed by atoms with Gasteiger partial charge in [0, 0.05) is 18.0 Å². The van der Waals surface area contributed by atoms with Crippen molar-refractivity contribution in [2.45, 2.75) is 52.8 Å². The second-order valence-corrected chi connectivity index (χ2v) is 8.84. The van der Waals surface area contributed by atoms with E-state index >= 15 is 0 Å². The van der Waals surface area contributed by atoms with Gasteiger partial charge in [0.2, 0.25) is 5.91 Å². The van der Waals surface area contributed by atoms with E-state index in [0.717, 1.165) is 23.3 Å². The van der Waals surface area contributed by atoms with Gasteiger partial charge in [0.25, 0.3) is 0 Å². The molecule has 0 saturated carbocycles. The van der Waals surface area contributed by atoms with Crippen molar-refractivity contribution < 1.29 is 27.5 Å². The van der Waals surface area contributed by atoms with Gasteiger partial charge in [-0.15, -0.1) is 0 Å². The second kappa shape index (κ2) is 9.81. The van der Waals surface area contributed by atoms with Crippen LogP contribution in [-0.4, -0.2) is 23.4 Å². The largest absolute Gasteiger partial charge is 0.462 e. The number of aryl methyl sites for hydroxylation is 1. The zero-order chi connectivity index (χ0) is 24.3. The highest BCUT2D eigenvalue weighted by Crippen LogP contribution is 2.39. The van der Waals surface area contributed by atoms with Crippen molar-refractivity contribution >= 4 is 11.9 Å². The summed E-state index contributed by atoms with van der Waals surface area (Å²) in [5.41, 5.74) is 2.44. The molecule has 1 amide bonds. The van der Waals surface area contributed by atoms with Gasteiger partial charge in [-0.3, -0.25) is 4.79 Å². The molecule has 1 heterocycles. The second-order valence-electron chi connectivity index (χ2n) is 8.84. The van der Waals surface area contributed by atoms with Gasteiger partial charge in [0.05, 0.1) is 24.3 Å². The molecular weight excluding hydrogens is 431 g/mol. The van der Waals surface area contributed by atoms with E-state index in [4.69, 9.17) is 4.74 Å². The van der Waals surface area contributed by atoms with Crippen LogP contribution in [-0.2, 0) is 27.0 Å². The Labute approximate surface area is 192 Å². The fourth-order valence-electron chi connectivity index (χ4n) is 3.97. The van der Waals surface area contributed by atoms with E-state index in [-0.39, 0.29) is 24.9 Å². The first-order valence-electron chi connectivity index (χ1n) is 10.9. The zero-order valence-corrected chi connectivity index (χ0v) is 19.2. The molecule has 7 heteroatoms. The van der Waals surface area contributed by atoms with E-state index in [0.29, 0.717) is 23.4 Å². The minimum atomic E-state index is -4.46. The van der Waals surface area contributed by atoms with E-state index in [9.17, 15) is 22.8 Å². The lowest BCUT2D eigenvalue weighted by atomic mass is 9.83. The molecule has 2 aromatic rings. The van der Waals surface area contributed by atoms with Crippen LogP contribution in [0.1, 0.15) is 55.4 Å². The maximum absolute atomic E-state index is 13.1. The van der Waals surface area contributed by atoms with Gasteiger partial charge >= 0.3 is 12.1 Å². The minimum Gasteiger partial charge on any atom is -0.462 e. The predicted molar refractivity (Wildman–Crippen MR) is 119 cm³/mol. The normalized spacial score (nSPS) is 17.0. The summed E-state index contributed by atoms with van der Waals surface area (Å²) in [6.07, 6.45) is -4.49. The van der Waals surface area contributed by atoms with Crippen LogP contribution in [0.4, 0.5) is 13.2 Å². The van der Waals surface area contributed by atoms with Crippen molar-refractivity contribution in [1.29, 1.82) is 0 Å². The summed E-state index contributed by atoms with van der Waals surface area (Å²) < 4.78 is 44.5. The number of nitrogens with zero attached hydrogens (tertiary/aromatic N) is 1. The van der Waals surface area contributed by atoms with Crippen LogP contribution in [0.15, 0.2) is 59.8 Å². The number of halogens is 3. The number of esters is 1. The van der Waals surface area contributed by atoms with Gasteiger partial charge in [-0.25, -0.2) is 4.79 Å². The molecule has 3 rings (SSSR count). The number of hydrogen-bond donors (Lipinski definition) is 0. The van der Waals surface area contributed by atoms with E-state index in [1.54, 1.807) is 11.8 Å². The van der Waals surface area contributed by atoms with Gasteiger partial charge in [-0.2, -0.15) is 13.2 Å². The molecule has 4 nitrogen and oxygen atoms in total. The van der Waals surface area contributed by atoms with Gasteiger partial charge in [0.1, 0.15) is 0 Å². The lowest BCUT2D eigenvalue weighted by Crippen LogP contribution is -2.38. The third-order valence-electron chi connectivity index (χ3n) is 5.65. The van der Waals surface area contributed by atoms with Crippen molar-refractivity contribution in [3.05, 3.63) is 82.1 Å². The molecule has 0 spiro atoms. The molecule has 0 N–H and O–H groups in total. The van der Waals surface area contributed by atoms with Crippen LogP contribution >= 0.6 is 0 Å². The third kappa shape index (κ3) is 5.83. The summed E-state index contributed by atoms with van der Waals surface area (Å²) in [6.45, 7) is 7.98. The van der Waals surface area contributed by atoms with Crippen LogP contribution in [0.5, 0.6) is 0 Å². The highest BCUT2D eigenvalue weighted by molar-refractivity contribution is 5.95. The Hall–Kier alpha value is -3.09. The molecular formula is C26H28F3NO3. The molecule has 0 fully saturated rings. The fourth-order valence-corrected chi connectivity index (χ4v) is 3.97. The quantitative estimate of drug-likeness (QED) is 0.498. The van der Waals surface area contributed by atoms with E-state index in [1.165, 1.54) is 12.1 Å². The molecule has 1 atom stereocenters. The molecule has 176 valence electrons. The van der Waals surface area contributed by atoms with Crippen LogP contribution in [0.2, 0.25) is 0 Å². The highest BCUT2D eigenvalue weighted by Gasteiger charge is 2.38. The number of alkyl halides is 3. The number of ether oxygens (including phenoxy) is 1. The summed E-state index contributed by atoms with van der Waals surface area (Å²) in [4.78, 5) is 27.7. The standard InChI is InChI=1S/C26H28F3NO3/c1-16(2)15-33-25(32)24-18(4)30(14-19-7-5-6-17(3)12-19)23(31)13-22(24)20-8-10-21(11-9-20)26(27,28)29/h5-12,16,22H,13-15H2,1-4H3/t22-/m0/s1. The summed E-state index contributed by atoms with van der Waals surface area (Å²) in [5, 5.41) is 0. The van der Waals surface area contributed by atoms with E-state index < -0.39 is 23.6 Å². The lowest BCUT2D eigenvalue weighted by Gasteiger charge is -2.34. The van der Waals surface area contributed by atoms with E-state index in [1.807, 2.05) is 45.0 Å². The van der Waals surface area contributed by atoms with Crippen molar-refractivity contribution in [3.63, 3.8) is 0 Å².